The highest BCUT2D eigenvalue weighted by Crippen LogP contribution is 2.32. The van der Waals surface area contributed by atoms with Gasteiger partial charge in [0.15, 0.2) is 17.9 Å². The van der Waals surface area contributed by atoms with Crippen molar-refractivity contribution in [3.63, 3.8) is 0 Å². The first-order valence-corrected chi connectivity index (χ1v) is 10.7. The molecule has 0 amide bonds. The van der Waals surface area contributed by atoms with Crippen molar-refractivity contribution in [2.24, 2.45) is 0 Å². The molecule has 0 aromatic heterocycles. The van der Waals surface area contributed by atoms with Gasteiger partial charge in [-0.1, -0.05) is 60.7 Å². The molecule has 0 saturated carbocycles. The zero-order valence-corrected chi connectivity index (χ0v) is 18.1. The third-order valence-electron chi connectivity index (χ3n) is 5.77. The van der Waals surface area contributed by atoms with Crippen molar-refractivity contribution in [1.82, 2.24) is 0 Å². The summed E-state index contributed by atoms with van der Waals surface area (Å²) in [5.74, 6) is -2.07. The van der Waals surface area contributed by atoms with Crippen molar-refractivity contribution >= 4 is 0 Å². The second-order valence-electron chi connectivity index (χ2n) is 7.92. The van der Waals surface area contributed by atoms with E-state index >= 15 is 0 Å². The highest BCUT2D eigenvalue weighted by molar-refractivity contribution is 5.71. The predicted octanol–water partition coefficient (Wildman–Crippen LogP) is 7.03. The fourth-order valence-corrected chi connectivity index (χ4v) is 3.86. The van der Waals surface area contributed by atoms with E-state index in [1.54, 1.807) is 54.6 Å². The lowest BCUT2D eigenvalue weighted by Crippen LogP contribution is -2.28. The van der Waals surface area contributed by atoms with E-state index in [1.165, 1.54) is 6.07 Å². The normalized spacial score (nSPS) is 18.9. The summed E-state index contributed by atoms with van der Waals surface area (Å²) in [5.41, 5.74) is 2.95. The van der Waals surface area contributed by atoms with Gasteiger partial charge in [-0.2, -0.15) is 0 Å². The van der Waals surface area contributed by atoms with E-state index in [0.717, 1.165) is 5.56 Å². The van der Waals surface area contributed by atoms with Crippen molar-refractivity contribution in [3.8, 4) is 22.3 Å². The van der Waals surface area contributed by atoms with Crippen molar-refractivity contribution in [2.75, 3.05) is 13.2 Å². The summed E-state index contributed by atoms with van der Waals surface area (Å²) >= 11 is 0. The topological polar surface area (TPSA) is 18.5 Å². The summed E-state index contributed by atoms with van der Waals surface area (Å²) in [6.45, 7) is 4.65. The van der Waals surface area contributed by atoms with Crippen LogP contribution >= 0.6 is 0 Å². The van der Waals surface area contributed by atoms with Crippen LogP contribution in [0.5, 0.6) is 0 Å². The van der Waals surface area contributed by atoms with Gasteiger partial charge in [0.2, 0.25) is 0 Å². The van der Waals surface area contributed by atoms with Crippen LogP contribution in [0.3, 0.4) is 0 Å². The molecule has 3 aromatic rings. The molecule has 0 bridgehead atoms. The Bertz CT molecular complexity index is 1110. The van der Waals surface area contributed by atoms with E-state index in [0.29, 0.717) is 41.9 Å². The van der Waals surface area contributed by atoms with Gasteiger partial charge in [0.25, 0.3) is 0 Å². The van der Waals surface area contributed by atoms with Gasteiger partial charge in [0, 0.05) is 17.0 Å². The van der Waals surface area contributed by atoms with E-state index < -0.39 is 11.6 Å². The lowest BCUT2D eigenvalue weighted by molar-refractivity contribution is -0.176. The molecule has 32 heavy (non-hydrogen) atoms. The SMILES string of the molecule is C/C=C\Cc1ccc(-c2ccc(-c3ccc(C4COC(C)OC4)cc3F)cc2)c(F)c1F. The van der Waals surface area contributed by atoms with E-state index in [4.69, 9.17) is 9.47 Å². The van der Waals surface area contributed by atoms with Crippen LogP contribution in [-0.4, -0.2) is 19.5 Å². The first-order chi connectivity index (χ1) is 15.5. The summed E-state index contributed by atoms with van der Waals surface area (Å²) in [4.78, 5) is 0. The Morgan fingerprint density at radius 3 is 2.09 bits per heavy atom. The Labute approximate surface area is 186 Å². The standard InChI is InChI=1S/C27H25F3O2/c1-3-4-5-20-10-13-24(27(30)26(20)29)19-8-6-18(7-9-19)23-12-11-21(14-25(23)28)22-15-31-17(2)32-16-22/h3-4,6-14,17,22H,5,15-16H2,1-2H3/b4-3-. The summed E-state index contributed by atoms with van der Waals surface area (Å²) in [6, 6.07) is 15.1. The molecule has 1 saturated heterocycles. The Kier molecular flexibility index (Phi) is 6.77. The molecule has 0 N–H and O–H groups in total. The molecule has 0 radical (unpaired) electrons. The third kappa shape index (κ3) is 4.64. The molecule has 0 atom stereocenters. The van der Waals surface area contributed by atoms with Crippen molar-refractivity contribution in [3.05, 3.63) is 95.3 Å². The van der Waals surface area contributed by atoms with Crippen LogP contribution in [0.2, 0.25) is 0 Å². The maximum absolute atomic E-state index is 14.9. The fourth-order valence-electron chi connectivity index (χ4n) is 3.86. The molecule has 0 aliphatic carbocycles. The molecule has 1 aliphatic heterocycles. The Morgan fingerprint density at radius 1 is 0.844 bits per heavy atom. The minimum absolute atomic E-state index is 0.00853. The van der Waals surface area contributed by atoms with Gasteiger partial charge < -0.3 is 9.47 Å². The van der Waals surface area contributed by atoms with Crippen LogP contribution < -0.4 is 0 Å². The molecule has 3 aromatic carbocycles. The number of allylic oxidation sites excluding steroid dienone is 2. The molecule has 4 rings (SSSR count). The summed E-state index contributed by atoms with van der Waals surface area (Å²) in [5, 5.41) is 0. The molecular formula is C27H25F3O2. The molecule has 166 valence electrons. The second-order valence-corrected chi connectivity index (χ2v) is 7.92. The average Bonchev–Trinajstić information content (AvgIpc) is 2.81. The molecule has 2 nitrogen and oxygen atoms in total. The minimum atomic E-state index is -0.874. The number of benzene rings is 3. The number of halogens is 3. The van der Waals surface area contributed by atoms with Gasteiger partial charge in [0.1, 0.15) is 5.82 Å². The van der Waals surface area contributed by atoms with Gasteiger partial charge >= 0.3 is 0 Å². The average molecular weight is 438 g/mol. The molecule has 1 fully saturated rings. The van der Waals surface area contributed by atoms with Gasteiger partial charge in [-0.25, -0.2) is 13.2 Å². The Balaban J connectivity index is 1.56. The Hall–Kier alpha value is -2.89. The first kappa shape index (κ1) is 22.3. The van der Waals surface area contributed by atoms with Crippen molar-refractivity contribution < 1.29 is 22.6 Å². The number of rotatable bonds is 5. The zero-order valence-electron chi connectivity index (χ0n) is 18.1. The van der Waals surface area contributed by atoms with Crippen LogP contribution in [-0.2, 0) is 15.9 Å². The fraction of sp³-hybridized carbons (Fsp3) is 0.259. The minimum Gasteiger partial charge on any atom is -0.352 e. The predicted molar refractivity (Wildman–Crippen MR) is 120 cm³/mol. The Morgan fingerprint density at radius 2 is 1.47 bits per heavy atom. The summed E-state index contributed by atoms with van der Waals surface area (Å²) < 4.78 is 54.9. The molecule has 5 heteroatoms. The maximum atomic E-state index is 14.9. The van der Waals surface area contributed by atoms with Crippen LogP contribution in [0.15, 0.2) is 66.7 Å². The van der Waals surface area contributed by atoms with Gasteiger partial charge in [0.05, 0.1) is 13.2 Å². The smallest absolute Gasteiger partial charge is 0.166 e. The van der Waals surface area contributed by atoms with Crippen molar-refractivity contribution in [2.45, 2.75) is 32.5 Å². The zero-order chi connectivity index (χ0) is 22.7. The van der Waals surface area contributed by atoms with Crippen LogP contribution in [0.4, 0.5) is 13.2 Å². The van der Waals surface area contributed by atoms with E-state index in [9.17, 15) is 13.2 Å². The molecule has 1 heterocycles. The van der Waals surface area contributed by atoms with Gasteiger partial charge in [-0.15, -0.1) is 0 Å². The lowest BCUT2D eigenvalue weighted by Gasteiger charge is -2.27. The van der Waals surface area contributed by atoms with Crippen LogP contribution in [0.1, 0.15) is 30.9 Å². The highest BCUT2D eigenvalue weighted by Gasteiger charge is 2.22. The quantitative estimate of drug-likeness (QED) is 0.398. The number of ether oxygens (including phenoxy) is 2. The van der Waals surface area contributed by atoms with Gasteiger partial charge in [-0.05, 0) is 48.6 Å². The molecule has 0 unspecified atom stereocenters. The van der Waals surface area contributed by atoms with E-state index in [-0.39, 0.29) is 23.6 Å². The summed E-state index contributed by atoms with van der Waals surface area (Å²) in [7, 11) is 0. The van der Waals surface area contributed by atoms with Crippen LogP contribution in [0.25, 0.3) is 22.3 Å². The van der Waals surface area contributed by atoms with Crippen LogP contribution in [0, 0.1) is 17.5 Å². The highest BCUT2D eigenvalue weighted by atomic mass is 19.2. The number of hydrogen-bond donors (Lipinski definition) is 0. The largest absolute Gasteiger partial charge is 0.352 e. The summed E-state index contributed by atoms with van der Waals surface area (Å²) in [6.07, 6.45) is 3.68. The first-order valence-electron chi connectivity index (χ1n) is 10.7. The monoisotopic (exact) mass is 438 g/mol. The lowest BCUT2D eigenvalue weighted by atomic mass is 9.95. The van der Waals surface area contributed by atoms with E-state index in [2.05, 4.69) is 0 Å². The molecule has 1 aliphatic rings. The molecule has 0 spiro atoms. The molecular weight excluding hydrogens is 413 g/mol. The second kappa shape index (κ2) is 9.72. The number of hydrogen-bond acceptors (Lipinski definition) is 2. The van der Waals surface area contributed by atoms with Crippen molar-refractivity contribution in [1.29, 1.82) is 0 Å². The maximum Gasteiger partial charge on any atom is 0.166 e. The van der Waals surface area contributed by atoms with E-state index in [1.807, 2.05) is 19.9 Å². The third-order valence-corrected chi connectivity index (χ3v) is 5.77. The van der Waals surface area contributed by atoms with Gasteiger partial charge in [-0.3, -0.25) is 0 Å².